The van der Waals surface area contributed by atoms with E-state index in [1.54, 1.807) is 13.3 Å². The van der Waals surface area contributed by atoms with Gasteiger partial charge >= 0.3 is 0 Å². The van der Waals surface area contributed by atoms with Crippen LogP contribution in [0, 0.1) is 5.92 Å². The highest BCUT2D eigenvalue weighted by molar-refractivity contribution is 9.10. The summed E-state index contributed by atoms with van der Waals surface area (Å²) in [7, 11) is 3.52. The summed E-state index contributed by atoms with van der Waals surface area (Å²) in [4.78, 5) is 12.0. The first-order valence-electron chi connectivity index (χ1n) is 6.23. The Morgan fingerprint density at radius 1 is 1.53 bits per heavy atom. The van der Waals surface area contributed by atoms with E-state index in [-0.39, 0.29) is 5.56 Å². The van der Waals surface area contributed by atoms with E-state index in [1.807, 2.05) is 7.05 Å². The Kier molecular flexibility index (Phi) is 7.04. The Labute approximate surface area is 121 Å². The molecule has 1 aromatic heterocycles. The number of methoxy groups -OCH3 is 1. The van der Waals surface area contributed by atoms with E-state index in [2.05, 4.69) is 38.6 Å². The Morgan fingerprint density at radius 3 is 2.89 bits per heavy atom. The molecule has 0 aliphatic heterocycles. The molecule has 0 aliphatic rings. The summed E-state index contributed by atoms with van der Waals surface area (Å²) in [5.41, 5.74) is 0.574. The lowest BCUT2D eigenvalue weighted by Gasteiger charge is -2.14. The first-order chi connectivity index (χ1) is 9.10. The molecule has 1 aromatic rings. The van der Waals surface area contributed by atoms with Crippen molar-refractivity contribution in [3.8, 4) is 0 Å². The third-order valence-electron chi connectivity index (χ3n) is 2.69. The molecule has 0 aliphatic carbocycles. The molecule has 1 unspecified atom stereocenters. The number of anilines is 1. The summed E-state index contributed by atoms with van der Waals surface area (Å²) in [6, 6.07) is 0. The molecule has 0 radical (unpaired) electrons. The SMILES string of the molecule is CNCC(C)CNc1cnn(CCOC)c(=O)c1Br. The lowest BCUT2D eigenvalue weighted by molar-refractivity contribution is 0.181. The summed E-state index contributed by atoms with van der Waals surface area (Å²) < 4.78 is 6.83. The van der Waals surface area contributed by atoms with Gasteiger partial charge in [0.25, 0.3) is 5.56 Å². The number of hydrogen-bond acceptors (Lipinski definition) is 5. The van der Waals surface area contributed by atoms with Gasteiger partial charge in [-0.05, 0) is 35.4 Å². The number of hydrogen-bond donors (Lipinski definition) is 2. The van der Waals surface area contributed by atoms with Crippen molar-refractivity contribution < 1.29 is 4.74 Å². The van der Waals surface area contributed by atoms with Gasteiger partial charge in [-0.1, -0.05) is 6.92 Å². The first-order valence-corrected chi connectivity index (χ1v) is 7.02. The van der Waals surface area contributed by atoms with E-state index in [0.717, 1.165) is 18.8 Å². The van der Waals surface area contributed by atoms with Crippen LogP contribution in [0.5, 0.6) is 0 Å². The molecule has 6 nitrogen and oxygen atoms in total. The summed E-state index contributed by atoms with van der Waals surface area (Å²) in [5, 5.41) is 10.5. The van der Waals surface area contributed by atoms with Crippen LogP contribution in [0.1, 0.15) is 6.92 Å². The van der Waals surface area contributed by atoms with Crippen molar-refractivity contribution in [3.63, 3.8) is 0 Å². The van der Waals surface area contributed by atoms with E-state index in [9.17, 15) is 4.79 Å². The fraction of sp³-hybridized carbons (Fsp3) is 0.667. The number of rotatable bonds is 8. The highest BCUT2D eigenvalue weighted by Gasteiger charge is 2.09. The standard InChI is InChI=1S/C12H21BrN4O2/c1-9(6-14-2)7-15-10-8-16-17(4-5-19-3)12(18)11(10)13/h8-9,14-15H,4-7H2,1-3H3. The van der Waals surface area contributed by atoms with Crippen molar-refractivity contribution in [1.82, 2.24) is 15.1 Å². The number of aromatic nitrogens is 2. The van der Waals surface area contributed by atoms with Crippen LogP contribution < -0.4 is 16.2 Å². The van der Waals surface area contributed by atoms with Gasteiger partial charge in [0.2, 0.25) is 0 Å². The van der Waals surface area contributed by atoms with Crippen molar-refractivity contribution in [1.29, 1.82) is 0 Å². The molecule has 108 valence electrons. The molecular weight excluding hydrogens is 312 g/mol. The molecule has 1 atom stereocenters. The maximum absolute atomic E-state index is 12.0. The molecule has 7 heteroatoms. The van der Waals surface area contributed by atoms with Gasteiger partial charge in [0, 0.05) is 13.7 Å². The molecule has 0 spiro atoms. The fourth-order valence-electron chi connectivity index (χ4n) is 1.63. The van der Waals surface area contributed by atoms with E-state index >= 15 is 0 Å². The maximum atomic E-state index is 12.0. The quantitative estimate of drug-likeness (QED) is 0.741. The second-order valence-corrected chi connectivity index (χ2v) is 5.23. The largest absolute Gasteiger partial charge is 0.383 e. The van der Waals surface area contributed by atoms with Crippen molar-refractivity contribution in [3.05, 3.63) is 21.0 Å². The van der Waals surface area contributed by atoms with Crippen LogP contribution in [0.4, 0.5) is 5.69 Å². The minimum atomic E-state index is -0.150. The van der Waals surface area contributed by atoms with Gasteiger partial charge in [-0.15, -0.1) is 0 Å². The van der Waals surface area contributed by atoms with Crippen molar-refractivity contribution in [2.45, 2.75) is 13.5 Å². The predicted molar refractivity (Wildman–Crippen MR) is 79.7 cm³/mol. The number of nitrogens with one attached hydrogen (secondary N) is 2. The van der Waals surface area contributed by atoms with Crippen LogP contribution in [0.25, 0.3) is 0 Å². The number of ether oxygens (including phenoxy) is 1. The molecule has 0 amide bonds. The summed E-state index contributed by atoms with van der Waals surface area (Å²) in [5.74, 6) is 0.466. The van der Waals surface area contributed by atoms with E-state index in [0.29, 0.717) is 23.5 Å². The van der Waals surface area contributed by atoms with E-state index < -0.39 is 0 Å². The zero-order chi connectivity index (χ0) is 14.3. The fourth-order valence-corrected chi connectivity index (χ4v) is 2.08. The smallest absolute Gasteiger partial charge is 0.283 e. The molecule has 19 heavy (non-hydrogen) atoms. The average Bonchev–Trinajstić information content (AvgIpc) is 2.40. The molecule has 1 heterocycles. The van der Waals surface area contributed by atoms with E-state index in [4.69, 9.17) is 4.74 Å². The van der Waals surface area contributed by atoms with Gasteiger partial charge in [-0.3, -0.25) is 4.79 Å². The van der Waals surface area contributed by atoms with Crippen molar-refractivity contribution >= 4 is 21.6 Å². The van der Waals surface area contributed by atoms with Crippen LogP contribution in [-0.2, 0) is 11.3 Å². The zero-order valence-electron chi connectivity index (χ0n) is 11.6. The van der Waals surface area contributed by atoms with Crippen LogP contribution in [0.2, 0.25) is 0 Å². The Hall–Kier alpha value is -0.920. The minimum Gasteiger partial charge on any atom is -0.383 e. The van der Waals surface area contributed by atoms with Crippen LogP contribution in [-0.4, -0.2) is 43.6 Å². The molecule has 0 fully saturated rings. The maximum Gasteiger partial charge on any atom is 0.283 e. The summed E-state index contributed by atoms with van der Waals surface area (Å²) >= 11 is 3.32. The zero-order valence-corrected chi connectivity index (χ0v) is 13.2. The molecule has 1 rings (SSSR count). The topological polar surface area (TPSA) is 68.2 Å². The van der Waals surface area contributed by atoms with Gasteiger partial charge in [-0.2, -0.15) is 5.10 Å². The van der Waals surface area contributed by atoms with Crippen molar-refractivity contribution in [2.75, 3.05) is 39.2 Å². The molecule has 0 saturated carbocycles. The lowest BCUT2D eigenvalue weighted by atomic mass is 10.2. The second kappa shape index (κ2) is 8.29. The van der Waals surface area contributed by atoms with Crippen molar-refractivity contribution in [2.24, 2.45) is 5.92 Å². The van der Waals surface area contributed by atoms with Gasteiger partial charge in [-0.25, -0.2) is 4.68 Å². The highest BCUT2D eigenvalue weighted by atomic mass is 79.9. The molecule has 0 saturated heterocycles. The first kappa shape index (κ1) is 16.1. The normalized spacial score (nSPS) is 12.4. The van der Waals surface area contributed by atoms with Crippen LogP contribution in [0.15, 0.2) is 15.5 Å². The third kappa shape index (κ3) is 4.93. The second-order valence-electron chi connectivity index (χ2n) is 4.44. The third-order valence-corrected chi connectivity index (χ3v) is 3.45. The van der Waals surface area contributed by atoms with Gasteiger partial charge < -0.3 is 15.4 Å². The monoisotopic (exact) mass is 332 g/mol. The molecule has 0 bridgehead atoms. The summed E-state index contributed by atoms with van der Waals surface area (Å²) in [6.45, 7) is 4.74. The van der Waals surface area contributed by atoms with E-state index in [1.165, 1.54) is 4.68 Å². The minimum absolute atomic E-state index is 0.150. The van der Waals surface area contributed by atoms with Crippen LogP contribution >= 0.6 is 15.9 Å². The Balaban J connectivity index is 2.71. The number of nitrogens with zero attached hydrogens (tertiary/aromatic N) is 2. The highest BCUT2D eigenvalue weighted by Crippen LogP contribution is 2.16. The molecular formula is C12H21BrN4O2. The predicted octanol–water partition coefficient (Wildman–Crippen LogP) is 0.920. The summed E-state index contributed by atoms with van der Waals surface area (Å²) in [6.07, 6.45) is 1.66. The lowest BCUT2D eigenvalue weighted by Crippen LogP contribution is -2.27. The van der Waals surface area contributed by atoms with Crippen LogP contribution in [0.3, 0.4) is 0 Å². The molecule has 2 N–H and O–H groups in total. The van der Waals surface area contributed by atoms with Gasteiger partial charge in [0.05, 0.1) is 25.0 Å². The van der Waals surface area contributed by atoms with Gasteiger partial charge in [0.1, 0.15) is 4.47 Å². The number of halogens is 1. The average molecular weight is 333 g/mol. The van der Waals surface area contributed by atoms with Gasteiger partial charge in [0.15, 0.2) is 0 Å². The Morgan fingerprint density at radius 2 is 2.26 bits per heavy atom. The Bertz CT molecular complexity index is 450. The molecule has 0 aromatic carbocycles.